The molecule has 5 nitrogen and oxygen atoms in total. The maximum Gasteiger partial charge on any atom is 0.269 e. The van der Waals surface area contributed by atoms with Gasteiger partial charge in [-0.1, -0.05) is 30.3 Å². The molecule has 5 heteroatoms. The summed E-state index contributed by atoms with van der Waals surface area (Å²) in [5.74, 6) is 0. The second kappa shape index (κ2) is 8.57. The van der Waals surface area contributed by atoms with Crippen LogP contribution in [0.5, 0.6) is 0 Å². The largest absolute Gasteiger partial charge is 0.396 e. The first-order valence-electron chi connectivity index (χ1n) is 8.24. The Morgan fingerprint density at radius 1 is 0.958 bits per heavy atom. The molecule has 1 unspecified atom stereocenters. The summed E-state index contributed by atoms with van der Waals surface area (Å²) in [5, 5.41) is 19.8. The third-order valence-electron chi connectivity index (χ3n) is 4.22. The van der Waals surface area contributed by atoms with Crippen molar-refractivity contribution in [2.24, 2.45) is 0 Å². The molecule has 1 N–H and O–H groups in total. The topological polar surface area (TPSA) is 63.4 Å². The van der Waals surface area contributed by atoms with Crippen molar-refractivity contribution in [1.29, 1.82) is 0 Å². The molecule has 2 aromatic rings. The molecule has 0 amide bonds. The van der Waals surface area contributed by atoms with E-state index in [-0.39, 0.29) is 17.2 Å². The van der Waals surface area contributed by atoms with Crippen LogP contribution < -0.4 is 0 Å². The average Bonchev–Trinajstić information content (AvgIpc) is 2.56. The molecule has 0 aliphatic heterocycles. The van der Waals surface area contributed by atoms with Crippen molar-refractivity contribution in [3.63, 3.8) is 0 Å². The lowest BCUT2D eigenvalue weighted by atomic mass is 10.1. The summed E-state index contributed by atoms with van der Waals surface area (Å²) < 4.78 is 0.807. The van der Waals surface area contributed by atoms with Gasteiger partial charge in [-0.15, -0.1) is 0 Å². The predicted octanol–water partition coefficient (Wildman–Crippen LogP) is 3.51. The van der Waals surface area contributed by atoms with Crippen molar-refractivity contribution in [3.8, 4) is 0 Å². The van der Waals surface area contributed by atoms with Crippen LogP contribution in [0.25, 0.3) is 0 Å². The minimum absolute atomic E-state index is 0.122. The number of hydrogen-bond donors (Lipinski definition) is 1. The molecule has 0 saturated carbocycles. The number of quaternary nitrogens is 1. The zero-order valence-electron chi connectivity index (χ0n) is 14.1. The third-order valence-corrected chi connectivity index (χ3v) is 4.22. The number of aliphatic hydroxyl groups is 1. The Morgan fingerprint density at radius 3 is 2.08 bits per heavy atom. The fraction of sp³-hybridized carbons (Fsp3) is 0.368. The van der Waals surface area contributed by atoms with E-state index in [1.165, 1.54) is 5.56 Å². The number of rotatable bonds is 9. The number of unbranched alkanes of at least 4 members (excludes halogenated alkanes) is 1. The molecule has 1 atom stereocenters. The summed E-state index contributed by atoms with van der Waals surface area (Å²) in [6.45, 7) is 2.86. The van der Waals surface area contributed by atoms with Gasteiger partial charge in [0.1, 0.15) is 13.1 Å². The molecule has 0 aliphatic rings. The van der Waals surface area contributed by atoms with Gasteiger partial charge >= 0.3 is 0 Å². The molecule has 0 bridgehead atoms. The fourth-order valence-corrected chi connectivity index (χ4v) is 3.01. The molecule has 128 valence electrons. The molecule has 0 saturated heterocycles. The Balaban J connectivity index is 2.13. The van der Waals surface area contributed by atoms with Crippen molar-refractivity contribution in [2.75, 3.05) is 20.2 Å². The van der Waals surface area contributed by atoms with Crippen LogP contribution in [0, 0.1) is 10.1 Å². The molecular weight excluding hydrogens is 304 g/mol. The van der Waals surface area contributed by atoms with Crippen LogP contribution >= 0.6 is 0 Å². The van der Waals surface area contributed by atoms with E-state index in [0.717, 1.165) is 42.5 Å². The maximum atomic E-state index is 10.8. The van der Waals surface area contributed by atoms with Gasteiger partial charge in [-0.25, -0.2) is 0 Å². The van der Waals surface area contributed by atoms with E-state index in [4.69, 9.17) is 5.11 Å². The van der Waals surface area contributed by atoms with Crippen LogP contribution in [0.3, 0.4) is 0 Å². The molecular formula is C19H25N2O3+. The Labute approximate surface area is 142 Å². The number of nitro benzene ring substituents is 1. The SMILES string of the molecule is C[N+](CCCCO)(Cc1ccccc1)Cc1ccc([N+](=O)[O-])cc1. The highest BCUT2D eigenvalue weighted by atomic mass is 16.6. The summed E-state index contributed by atoms with van der Waals surface area (Å²) >= 11 is 0. The van der Waals surface area contributed by atoms with Crippen LogP contribution in [-0.2, 0) is 13.1 Å². The van der Waals surface area contributed by atoms with Gasteiger partial charge in [0.2, 0.25) is 0 Å². The highest BCUT2D eigenvalue weighted by molar-refractivity contribution is 5.32. The number of aliphatic hydroxyl groups excluding tert-OH is 1. The van der Waals surface area contributed by atoms with Gasteiger partial charge in [-0.05, 0) is 25.0 Å². The Hall–Kier alpha value is -2.24. The van der Waals surface area contributed by atoms with E-state index < -0.39 is 0 Å². The first-order valence-corrected chi connectivity index (χ1v) is 8.24. The van der Waals surface area contributed by atoms with Gasteiger partial charge < -0.3 is 9.59 Å². The van der Waals surface area contributed by atoms with E-state index in [1.807, 2.05) is 30.3 Å². The van der Waals surface area contributed by atoms with Crippen molar-refractivity contribution in [1.82, 2.24) is 0 Å². The summed E-state index contributed by atoms with van der Waals surface area (Å²) in [4.78, 5) is 10.4. The standard InChI is InChI=1S/C19H25N2O3/c1-21(13-5-6-14-22,15-17-7-3-2-4-8-17)16-18-9-11-19(12-10-18)20(23)24/h2-4,7-12,22H,5-6,13-16H2,1H3/q+1. The Bertz CT molecular complexity index is 643. The zero-order chi connectivity index (χ0) is 17.4. The van der Waals surface area contributed by atoms with E-state index in [1.54, 1.807) is 12.1 Å². The molecule has 24 heavy (non-hydrogen) atoms. The van der Waals surface area contributed by atoms with Crippen LogP contribution in [0.2, 0.25) is 0 Å². The quantitative estimate of drug-likeness (QED) is 0.331. The lowest BCUT2D eigenvalue weighted by Gasteiger charge is -2.35. The van der Waals surface area contributed by atoms with E-state index in [0.29, 0.717) is 0 Å². The van der Waals surface area contributed by atoms with Crippen molar-refractivity contribution in [3.05, 3.63) is 75.8 Å². The minimum Gasteiger partial charge on any atom is -0.396 e. The Kier molecular flexibility index (Phi) is 6.46. The van der Waals surface area contributed by atoms with Gasteiger partial charge in [-0.2, -0.15) is 0 Å². The van der Waals surface area contributed by atoms with Crippen LogP contribution in [-0.4, -0.2) is 34.7 Å². The van der Waals surface area contributed by atoms with Gasteiger partial charge in [0.15, 0.2) is 0 Å². The van der Waals surface area contributed by atoms with Crippen molar-refractivity contribution in [2.45, 2.75) is 25.9 Å². The lowest BCUT2D eigenvalue weighted by molar-refractivity contribution is -0.935. The summed E-state index contributed by atoms with van der Waals surface area (Å²) in [5.41, 5.74) is 2.48. The van der Waals surface area contributed by atoms with E-state index >= 15 is 0 Å². The number of hydrogen-bond acceptors (Lipinski definition) is 3. The summed E-state index contributed by atoms with van der Waals surface area (Å²) in [6.07, 6.45) is 1.75. The van der Waals surface area contributed by atoms with Crippen molar-refractivity contribution >= 4 is 5.69 Å². The molecule has 0 aliphatic carbocycles. The molecule has 0 aromatic heterocycles. The summed E-state index contributed by atoms with van der Waals surface area (Å²) in [7, 11) is 2.20. The monoisotopic (exact) mass is 329 g/mol. The Morgan fingerprint density at radius 2 is 1.54 bits per heavy atom. The molecule has 0 heterocycles. The van der Waals surface area contributed by atoms with Gasteiger partial charge in [-0.3, -0.25) is 10.1 Å². The van der Waals surface area contributed by atoms with Gasteiger partial charge in [0.25, 0.3) is 5.69 Å². The number of nitro groups is 1. The second-order valence-electron chi connectivity index (χ2n) is 6.50. The smallest absolute Gasteiger partial charge is 0.269 e. The van der Waals surface area contributed by atoms with E-state index in [9.17, 15) is 10.1 Å². The molecule has 0 radical (unpaired) electrons. The maximum absolute atomic E-state index is 10.8. The minimum atomic E-state index is -0.372. The zero-order valence-corrected chi connectivity index (χ0v) is 14.1. The summed E-state index contributed by atoms with van der Waals surface area (Å²) in [6, 6.07) is 17.1. The van der Waals surface area contributed by atoms with E-state index in [2.05, 4.69) is 19.2 Å². The predicted molar refractivity (Wildman–Crippen MR) is 94.3 cm³/mol. The molecule has 2 aromatic carbocycles. The fourth-order valence-electron chi connectivity index (χ4n) is 3.01. The lowest BCUT2D eigenvalue weighted by Crippen LogP contribution is -2.43. The van der Waals surface area contributed by atoms with Crippen molar-refractivity contribution < 1.29 is 14.5 Å². The van der Waals surface area contributed by atoms with Crippen LogP contribution in [0.15, 0.2) is 54.6 Å². The van der Waals surface area contributed by atoms with Gasteiger partial charge in [0, 0.05) is 29.9 Å². The number of benzene rings is 2. The first-order chi connectivity index (χ1) is 11.5. The van der Waals surface area contributed by atoms with Crippen LogP contribution in [0.1, 0.15) is 24.0 Å². The molecule has 0 fully saturated rings. The highest BCUT2D eigenvalue weighted by Gasteiger charge is 2.22. The normalized spacial score (nSPS) is 13.4. The molecule has 0 spiro atoms. The third kappa shape index (κ3) is 5.44. The number of non-ortho nitro benzene ring substituents is 1. The highest BCUT2D eigenvalue weighted by Crippen LogP contribution is 2.20. The van der Waals surface area contributed by atoms with Gasteiger partial charge in [0.05, 0.1) is 18.5 Å². The van der Waals surface area contributed by atoms with Crippen LogP contribution in [0.4, 0.5) is 5.69 Å². The average molecular weight is 329 g/mol. The molecule has 2 rings (SSSR count). The first kappa shape index (κ1) is 18.1. The second-order valence-corrected chi connectivity index (χ2v) is 6.50. The number of nitrogens with zero attached hydrogens (tertiary/aromatic N) is 2.